The minimum absolute atomic E-state index is 0.134. The molecule has 232 valence electrons. The zero-order chi connectivity index (χ0) is 31.0. The Morgan fingerprint density at radius 3 is 2.66 bits per heavy atom. The molecule has 3 unspecified atom stereocenters. The summed E-state index contributed by atoms with van der Waals surface area (Å²) in [7, 11) is -1.51. The molecule has 1 amide bonds. The number of carbonyl (C=O) groups excluding carboxylic acids is 1. The molecule has 0 saturated carbocycles. The van der Waals surface area contributed by atoms with E-state index in [0.717, 1.165) is 11.1 Å². The summed E-state index contributed by atoms with van der Waals surface area (Å²) < 4.78 is 42.2. The largest absolute Gasteiger partial charge is 0.456 e. The van der Waals surface area contributed by atoms with Crippen LogP contribution in [0.5, 0.6) is 11.5 Å². The number of anilines is 1. The van der Waals surface area contributed by atoms with Gasteiger partial charge in [0, 0.05) is 35.8 Å². The number of halogens is 1. The van der Waals surface area contributed by atoms with Gasteiger partial charge in [-0.1, -0.05) is 12.1 Å². The number of alkyl halides is 1. The fourth-order valence-electron chi connectivity index (χ4n) is 5.60. The molecule has 4 aromatic rings. The summed E-state index contributed by atoms with van der Waals surface area (Å²) in [4.78, 5) is 19.8. The Kier molecular flexibility index (Phi) is 8.54. The van der Waals surface area contributed by atoms with E-state index >= 15 is 4.39 Å². The minimum atomic E-state index is -1.51. The highest BCUT2D eigenvalue weighted by molar-refractivity contribution is 7.85. The molecule has 2 aromatic heterocycles. The van der Waals surface area contributed by atoms with Crippen LogP contribution in [0.15, 0.2) is 66.0 Å². The Hall–Kier alpha value is -3.67. The lowest BCUT2D eigenvalue weighted by Gasteiger charge is -2.42. The molecule has 2 fully saturated rings. The first-order valence-corrected chi connectivity index (χ1v) is 16.1. The van der Waals surface area contributed by atoms with Crippen LogP contribution in [-0.4, -0.2) is 73.5 Å². The van der Waals surface area contributed by atoms with E-state index < -0.39 is 22.2 Å². The van der Waals surface area contributed by atoms with Crippen LogP contribution in [0, 0.1) is 6.92 Å². The maximum Gasteiger partial charge on any atom is 0.228 e. The lowest BCUT2D eigenvalue weighted by atomic mass is 10.1. The third kappa shape index (κ3) is 6.55. The first-order valence-electron chi connectivity index (χ1n) is 14.9. The number of pyridine rings is 1. The molecule has 9 nitrogen and oxygen atoms in total. The van der Waals surface area contributed by atoms with Crippen LogP contribution in [-0.2, 0) is 32.3 Å². The second-order valence-corrected chi connectivity index (χ2v) is 14.3. The van der Waals surface area contributed by atoms with Crippen LogP contribution in [0.25, 0.3) is 10.9 Å². The van der Waals surface area contributed by atoms with Crippen molar-refractivity contribution in [2.45, 2.75) is 68.4 Å². The van der Waals surface area contributed by atoms with Gasteiger partial charge < -0.3 is 14.8 Å². The van der Waals surface area contributed by atoms with Gasteiger partial charge in [0.25, 0.3) is 0 Å². The number of aromatic nitrogens is 3. The standard InChI is InChI=1S/C33H38FN5O4S/c1-21-13-22(14-32(40)37-23-16-36-39(17-23)33(2,3)4)5-8-29(21)43-30-9-11-35-28-7-6-25(15-26(28)30)44(41)31-10-12-38(18-27(31)34)24-19-42-20-24/h5-9,11,13,15-17,24,27,31H,10,12,14,18-20H2,1-4H3,(H,37,40). The Morgan fingerprint density at radius 1 is 1.16 bits per heavy atom. The molecule has 2 saturated heterocycles. The van der Waals surface area contributed by atoms with E-state index in [9.17, 15) is 9.00 Å². The quantitative estimate of drug-likeness (QED) is 0.283. The normalized spacial score (nSPS) is 20.3. The van der Waals surface area contributed by atoms with E-state index in [1.165, 1.54) is 0 Å². The second-order valence-electron chi connectivity index (χ2n) is 12.6. The molecule has 44 heavy (non-hydrogen) atoms. The number of piperidine rings is 1. The maximum atomic E-state index is 15.2. The van der Waals surface area contributed by atoms with E-state index in [1.54, 1.807) is 24.5 Å². The monoisotopic (exact) mass is 619 g/mol. The zero-order valence-electron chi connectivity index (χ0n) is 25.5. The number of nitrogens with zero attached hydrogens (tertiary/aromatic N) is 4. The molecule has 2 aromatic carbocycles. The van der Waals surface area contributed by atoms with Crippen LogP contribution in [0.4, 0.5) is 10.1 Å². The molecule has 0 bridgehead atoms. The van der Waals surface area contributed by atoms with Gasteiger partial charge in [-0.15, -0.1) is 0 Å². The highest BCUT2D eigenvalue weighted by Crippen LogP contribution is 2.34. The average Bonchev–Trinajstić information content (AvgIpc) is 3.42. The summed E-state index contributed by atoms with van der Waals surface area (Å²) in [5.41, 5.74) is 2.90. The van der Waals surface area contributed by atoms with Crippen LogP contribution >= 0.6 is 0 Å². The number of amides is 1. The fraction of sp³-hybridized carbons (Fsp3) is 0.424. The van der Waals surface area contributed by atoms with Gasteiger partial charge in [-0.2, -0.15) is 5.10 Å². The van der Waals surface area contributed by atoms with Crippen molar-refractivity contribution in [3.8, 4) is 11.5 Å². The summed E-state index contributed by atoms with van der Waals surface area (Å²) in [6.45, 7) is 10.4. The minimum Gasteiger partial charge on any atom is -0.456 e. The third-order valence-corrected chi connectivity index (χ3v) is 10.0. The third-order valence-electron chi connectivity index (χ3n) is 8.21. The Morgan fingerprint density at radius 2 is 1.98 bits per heavy atom. The number of hydrogen-bond donors (Lipinski definition) is 1. The number of aryl methyl sites for hydroxylation is 1. The van der Waals surface area contributed by atoms with E-state index in [-0.39, 0.29) is 30.5 Å². The van der Waals surface area contributed by atoms with E-state index in [4.69, 9.17) is 9.47 Å². The molecule has 0 aliphatic carbocycles. The van der Waals surface area contributed by atoms with Gasteiger partial charge in [0.05, 0.1) is 64.7 Å². The molecule has 4 heterocycles. The van der Waals surface area contributed by atoms with Gasteiger partial charge >= 0.3 is 0 Å². The molecule has 1 N–H and O–H groups in total. The number of nitrogens with one attached hydrogen (secondary N) is 1. The molecular formula is C33H38FN5O4S. The van der Waals surface area contributed by atoms with Crippen molar-refractivity contribution in [3.63, 3.8) is 0 Å². The highest BCUT2D eigenvalue weighted by atomic mass is 32.2. The number of benzene rings is 2. The van der Waals surface area contributed by atoms with Crippen LogP contribution in [0.1, 0.15) is 38.3 Å². The van der Waals surface area contributed by atoms with Crippen LogP contribution in [0.3, 0.4) is 0 Å². The second kappa shape index (κ2) is 12.4. The van der Waals surface area contributed by atoms with Crippen molar-refractivity contribution in [2.75, 3.05) is 31.6 Å². The molecule has 0 radical (unpaired) electrons. The summed E-state index contributed by atoms with van der Waals surface area (Å²) >= 11 is 0. The van der Waals surface area contributed by atoms with E-state index in [2.05, 4.69) is 20.3 Å². The molecule has 11 heteroatoms. The molecular weight excluding hydrogens is 581 g/mol. The van der Waals surface area contributed by atoms with E-state index in [0.29, 0.717) is 59.2 Å². The fourth-order valence-corrected chi connectivity index (χ4v) is 7.06. The van der Waals surface area contributed by atoms with Crippen molar-refractivity contribution >= 4 is 33.3 Å². The molecule has 2 aliphatic heterocycles. The van der Waals surface area contributed by atoms with Gasteiger partial charge in [0.2, 0.25) is 5.91 Å². The Labute approximate surface area is 259 Å². The lowest BCUT2D eigenvalue weighted by molar-refractivity contribution is -0.115. The number of fused-ring (bicyclic) bond motifs is 1. The number of likely N-dealkylation sites (tertiary alicyclic amines) is 1. The SMILES string of the molecule is Cc1cc(CC(=O)Nc2cnn(C(C)(C)C)c2)ccc1Oc1ccnc2ccc(S(=O)C3CCN(C4COC4)CC3F)cc12. The van der Waals surface area contributed by atoms with Gasteiger partial charge in [-0.05, 0) is 75.6 Å². The van der Waals surface area contributed by atoms with Crippen molar-refractivity contribution in [2.24, 2.45) is 0 Å². The van der Waals surface area contributed by atoms with Crippen molar-refractivity contribution in [3.05, 3.63) is 72.2 Å². The first-order chi connectivity index (χ1) is 21.0. The number of rotatable bonds is 8. The maximum absolute atomic E-state index is 15.2. The first kappa shape index (κ1) is 30.4. The van der Waals surface area contributed by atoms with Gasteiger partial charge in [-0.3, -0.25) is 23.6 Å². The summed E-state index contributed by atoms with van der Waals surface area (Å²) in [6.07, 6.45) is 4.71. The smallest absolute Gasteiger partial charge is 0.228 e. The van der Waals surface area contributed by atoms with Crippen molar-refractivity contribution in [1.29, 1.82) is 0 Å². The van der Waals surface area contributed by atoms with Gasteiger partial charge in [0.15, 0.2) is 0 Å². The molecule has 3 atom stereocenters. The summed E-state index contributed by atoms with van der Waals surface area (Å²) in [6, 6.07) is 13.1. The number of carbonyl (C=O) groups is 1. The van der Waals surface area contributed by atoms with Crippen LogP contribution < -0.4 is 10.1 Å². The van der Waals surface area contributed by atoms with Crippen molar-refractivity contribution < 1.29 is 22.9 Å². The Balaban J connectivity index is 1.14. The number of hydrogen-bond acceptors (Lipinski definition) is 7. The lowest BCUT2D eigenvalue weighted by Crippen LogP contribution is -2.56. The summed E-state index contributed by atoms with van der Waals surface area (Å²) in [5, 5.41) is 7.39. The highest BCUT2D eigenvalue weighted by Gasteiger charge is 2.38. The zero-order valence-corrected chi connectivity index (χ0v) is 26.3. The number of ether oxygens (including phenoxy) is 2. The van der Waals surface area contributed by atoms with E-state index in [1.807, 2.05) is 68.9 Å². The Bertz CT molecular complexity index is 1700. The average molecular weight is 620 g/mol. The molecule has 2 aliphatic rings. The molecule has 6 rings (SSSR count). The van der Waals surface area contributed by atoms with Gasteiger partial charge in [0.1, 0.15) is 17.7 Å². The predicted octanol–water partition coefficient (Wildman–Crippen LogP) is 5.39. The topological polar surface area (TPSA) is 98.6 Å². The molecule has 0 spiro atoms. The van der Waals surface area contributed by atoms with Crippen LogP contribution in [0.2, 0.25) is 0 Å². The van der Waals surface area contributed by atoms with Gasteiger partial charge in [-0.25, -0.2) is 4.39 Å². The predicted molar refractivity (Wildman–Crippen MR) is 168 cm³/mol. The summed E-state index contributed by atoms with van der Waals surface area (Å²) in [5.74, 6) is 1.07. The van der Waals surface area contributed by atoms with Crippen molar-refractivity contribution in [1.82, 2.24) is 19.7 Å².